The molecule has 0 amide bonds. The molecule has 5 nitrogen and oxygen atoms in total. The van der Waals surface area contributed by atoms with Crippen LogP contribution in [0.3, 0.4) is 0 Å². The van der Waals surface area contributed by atoms with Crippen molar-refractivity contribution in [3.05, 3.63) is 36.8 Å². The van der Waals surface area contributed by atoms with Gasteiger partial charge in [0.05, 0.1) is 0 Å². The Morgan fingerprint density at radius 3 is 1.53 bits per heavy atom. The van der Waals surface area contributed by atoms with E-state index in [0.717, 1.165) is 0 Å². The van der Waals surface area contributed by atoms with Crippen LogP contribution in [0.1, 0.15) is 13.8 Å². The first-order valence-corrected chi connectivity index (χ1v) is 12.2. The molecule has 108 valence electrons. The third-order valence-electron chi connectivity index (χ3n) is 2.54. The lowest BCUT2D eigenvalue weighted by molar-refractivity contribution is 0.0772. The maximum atomic E-state index is 5.99. The fraction of sp³-hybridized carbons (Fsp3) is 0.455. The number of hydrogen-bond donors (Lipinski definition) is 0. The van der Waals surface area contributed by atoms with Crippen molar-refractivity contribution in [2.75, 3.05) is 13.2 Å². The van der Waals surface area contributed by atoms with Crippen molar-refractivity contribution in [3.63, 3.8) is 0 Å². The zero-order chi connectivity index (χ0) is 14.6. The van der Waals surface area contributed by atoms with Gasteiger partial charge in [-0.05, 0) is 31.8 Å². The lowest BCUT2D eigenvalue weighted by Gasteiger charge is -2.46. The summed E-state index contributed by atoms with van der Waals surface area (Å²) in [5, 5.41) is 0. The van der Waals surface area contributed by atoms with E-state index in [2.05, 4.69) is 19.7 Å². The van der Waals surface area contributed by atoms with Gasteiger partial charge in [-0.15, -0.1) is 6.58 Å². The third kappa shape index (κ3) is 3.61. The highest BCUT2D eigenvalue weighted by Gasteiger charge is 2.61. The molecule has 0 aromatic carbocycles. The molecule has 2 atom stereocenters. The smallest absolute Gasteiger partial charge is 0.388 e. The minimum absolute atomic E-state index is 0.466. The van der Waals surface area contributed by atoms with Crippen LogP contribution in [-0.4, -0.2) is 39.4 Å². The second kappa shape index (κ2) is 6.41. The normalized spacial score (nSPS) is 38.7. The van der Waals surface area contributed by atoms with Crippen molar-refractivity contribution < 1.29 is 21.2 Å². The summed E-state index contributed by atoms with van der Waals surface area (Å²) in [6, 6.07) is 0. The van der Waals surface area contributed by atoms with Gasteiger partial charge in [0.1, 0.15) is 0 Å². The summed E-state index contributed by atoms with van der Waals surface area (Å²) < 4.78 is 29.4. The predicted molar refractivity (Wildman–Crippen MR) is 80.2 cm³/mol. The van der Waals surface area contributed by atoms with Gasteiger partial charge >= 0.3 is 26.2 Å². The Balaban J connectivity index is 3.19. The van der Waals surface area contributed by atoms with Crippen molar-refractivity contribution in [1.29, 1.82) is 0 Å². The fourth-order valence-electron chi connectivity index (χ4n) is 1.71. The first-order valence-electron chi connectivity index (χ1n) is 6.22. The Kier molecular flexibility index (Phi) is 5.65. The van der Waals surface area contributed by atoms with Crippen LogP contribution in [0.5, 0.6) is 0 Å². The zero-order valence-corrected chi connectivity index (χ0v) is 14.8. The summed E-state index contributed by atoms with van der Waals surface area (Å²) in [6.45, 7) is 17.9. The average molecular weight is 319 g/mol. The number of hydrogen-bond acceptors (Lipinski definition) is 5. The van der Waals surface area contributed by atoms with Crippen molar-refractivity contribution >= 4 is 26.2 Å². The van der Waals surface area contributed by atoms with Crippen LogP contribution in [0.4, 0.5) is 0 Å². The molecule has 1 aliphatic heterocycles. The molecular formula is C11H22O5Si3. The molecule has 2 unspecified atom stereocenters. The van der Waals surface area contributed by atoms with Crippen molar-refractivity contribution in [2.24, 2.45) is 0 Å². The highest BCUT2D eigenvalue weighted by atomic mass is 28.5. The molecule has 8 heteroatoms. The summed E-state index contributed by atoms with van der Waals surface area (Å²) in [7, 11) is -8.65. The van der Waals surface area contributed by atoms with Gasteiger partial charge < -0.3 is 21.2 Å². The van der Waals surface area contributed by atoms with Gasteiger partial charge in [-0.25, -0.2) is 0 Å². The summed E-state index contributed by atoms with van der Waals surface area (Å²) >= 11 is 0. The van der Waals surface area contributed by atoms with E-state index in [1.807, 2.05) is 20.4 Å². The van der Waals surface area contributed by atoms with E-state index < -0.39 is 26.2 Å². The molecule has 0 radical (unpaired) electrons. The second-order valence-electron chi connectivity index (χ2n) is 4.01. The molecule has 0 aromatic heterocycles. The lowest BCUT2D eigenvalue weighted by Crippen LogP contribution is -2.70. The van der Waals surface area contributed by atoms with E-state index in [-0.39, 0.29) is 0 Å². The molecule has 1 rings (SSSR count). The summed E-state index contributed by atoms with van der Waals surface area (Å²) in [4.78, 5) is 0. The van der Waals surface area contributed by atoms with Gasteiger partial charge in [0, 0.05) is 13.2 Å². The first kappa shape index (κ1) is 16.7. The van der Waals surface area contributed by atoms with Crippen molar-refractivity contribution in [1.82, 2.24) is 0 Å². The van der Waals surface area contributed by atoms with E-state index >= 15 is 0 Å². The van der Waals surface area contributed by atoms with Crippen LogP contribution in [0.25, 0.3) is 0 Å². The minimum atomic E-state index is -3.01. The standard InChI is InChI=1S/C11H22O5Si3/c1-7-12-18(10-4)14-17(6,9-3)15-19(11-5,16-18)13-8-2/h9-11H,3-5,7-8H2,1-2,6H3. The molecular weight excluding hydrogens is 296 g/mol. The van der Waals surface area contributed by atoms with E-state index in [4.69, 9.17) is 21.2 Å². The first-order chi connectivity index (χ1) is 8.92. The van der Waals surface area contributed by atoms with Gasteiger partial charge in [-0.1, -0.05) is 18.9 Å². The highest BCUT2D eigenvalue weighted by Crippen LogP contribution is 2.33. The molecule has 1 aliphatic rings. The van der Waals surface area contributed by atoms with E-state index in [9.17, 15) is 0 Å². The summed E-state index contributed by atoms with van der Waals surface area (Å²) in [5.74, 6) is 0. The zero-order valence-electron chi connectivity index (χ0n) is 11.8. The predicted octanol–water partition coefficient (Wildman–Crippen LogP) is 2.25. The van der Waals surface area contributed by atoms with Crippen LogP contribution in [-0.2, 0) is 21.2 Å². The van der Waals surface area contributed by atoms with E-state index in [1.54, 1.807) is 17.1 Å². The molecule has 0 saturated carbocycles. The Morgan fingerprint density at radius 1 is 0.842 bits per heavy atom. The van der Waals surface area contributed by atoms with Crippen LogP contribution in [0, 0.1) is 0 Å². The maximum Gasteiger partial charge on any atom is 0.513 e. The Morgan fingerprint density at radius 2 is 1.26 bits per heavy atom. The van der Waals surface area contributed by atoms with E-state index in [0.29, 0.717) is 13.2 Å². The fourth-order valence-corrected chi connectivity index (χ4v) is 13.4. The molecule has 0 aromatic rings. The molecule has 1 saturated heterocycles. The van der Waals surface area contributed by atoms with Crippen LogP contribution in [0.2, 0.25) is 6.55 Å². The topological polar surface area (TPSA) is 46.2 Å². The molecule has 0 aliphatic carbocycles. The van der Waals surface area contributed by atoms with Crippen molar-refractivity contribution in [3.8, 4) is 0 Å². The molecule has 0 N–H and O–H groups in total. The van der Waals surface area contributed by atoms with Crippen LogP contribution >= 0.6 is 0 Å². The quantitative estimate of drug-likeness (QED) is 0.674. The number of rotatable bonds is 7. The lowest BCUT2D eigenvalue weighted by atomic mass is 10.9. The monoisotopic (exact) mass is 318 g/mol. The maximum absolute atomic E-state index is 5.99. The van der Waals surface area contributed by atoms with Crippen molar-refractivity contribution in [2.45, 2.75) is 20.4 Å². The highest BCUT2D eigenvalue weighted by molar-refractivity contribution is 6.95. The average Bonchev–Trinajstić information content (AvgIpc) is 2.39. The molecule has 1 heterocycles. The van der Waals surface area contributed by atoms with Gasteiger partial charge in [-0.3, -0.25) is 0 Å². The van der Waals surface area contributed by atoms with Gasteiger partial charge in [-0.2, -0.15) is 0 Å². The molecule has 1 fully saturated rings. The van der Waals surface area contributed by atoms with E-state index in [1.165, 1.54) is 0 Å². The molecule has 0 bridgehead atoms. The Bertz CT molecular complexity index is 338. The summed E-state index contributed by atoms with van der Waals surface area (Å²) in [5.41, 5.74) is 4.92. The van der Waals surface area contributed by atoms with Crippen LogP contribution in [0.15, 0.2) is 36.8 Å². The largest absolute Gasteiger partial charge is 0.513 e. The third-order valence-corrected chi connectivity index (χ3v) is 13.5. The van der Waals surface area contributed by atoms with Gasteiger partial charge in [0.15, 0.2) is 0 Å². The molecule has 0 spiro atoms. The Labute approximate surface area is 118 Å². The molecule has 19 heavy (non-hydrogen) atoms. The SMILES string of the molecule is C=C[Si]1(C)O[Si](C=C)(OCC)O[Si](C=C)(OCC)O1. The summed E-state index contributed by atoms with van der Waals surface area (Å²) in [6.07, 6.45) is 0. The van der Waals surface area contributed by atoms with Gasteiger partial charge in [0.2, 0.25) is 0 Å². The van der Waals surface area contributed by atoms with Crippen LogP contribution < -0.4 is 0 Å². The van der Waals surface area contributed by atoms with Gasteiger partial charge in [0.25, 0.3) is 0 Å². The minimum Gasteiger partial charge on any atom is -0.388 e. The second-order valence-corrected chi connectivity index (χ2v) is 12.7. The Hall–Kier alpha value is -0.329.